The predicted molar refractivity (Wildman–Crippen MR) is 156 cm³/mol. The molecule has 1 amide bonds. The molecule has 0 radical (unpaired) electrons. The van der Waals surface area contributed by atoms with Gasteiger partial charge in [-0.25, -0.2) is 13.4 Å². The van der Waals surface area contributed by atoms with Gasteiger partial charge < -0.3 is 14.8 Å². The molecule has 2 aromatic heterocycles. The van der Waals surface area contributed by atoms with Crippen LogP contribution in [0.4, 0.5) is 5.00 Å². The number of para-hydroxylation sites is 1. The molecule has 0 spiro atoms. The van der Waals surface area contributed by atoms with Crippen LogP contribution in [-0.2, 0) is 32.3 Å². The first-order valence-corrected chi connectivity index (χ1v) is 15.9. The molecular weight excluding hydrogens is 555 g/mol. The molecule has 8 nitrogen and oxygen atoms in total. The number of carbonyl (C=O) groups excluding carboxylic acids is 1. The normalized spacial score (nSPS) is 13.6. The van der Waals surface area contributed by atoms with Gasteiger partial charge >= 0.3 is 0 Å². The van der Waals surface area contributed by atoms with Gasteiger partial charge in [0.15, 0.2) is 0 Å². The van der Waals surface area contributed by atoms with Gasteiger partial charge in [0.05, 0.1) is 28.3 Å². The van der Waals surface area contributed by atoms with Gasteiger partial charge in [0, 0.05) is 43.3 Å². The molecule has 0 saturated carbocycles. The number of hydrogen-bond acceptors (Lipinski definition) is 8. The zero-order valence-electron chi connectivity index (χ0n) is 21.9. The van der Waals surface area contributed by atoms with E-state index >= 15 is 0 Å². The Labute approximate surface area is 236 Å². The van der Waals surface area contributed by atoms with E-state index in [-0.39, 0.29) is 37.1 Å². The molecule has 206 valence electrons. The summed E-state index contributed by atoms with van der Waals surface area (Å²) < 4.78 is 39.0. The second-order valence-electron chi connectivity index (χ2n) is 9.27. The maximum atomic E-state index is 13.3. The highest BCUT2D eigenvalue weighted by atomic mass is 32.2. The Morgan fingerprint density at radius 1 is 0.974 bits per heavy atom. The lowest BCUT2D eigenvalue weighted by Gasteiger charge is -2.21. The van der Waals surface area contributed by atoms with Crippen molar-refractivity contribution in [3.05, 3.63) is 64.5 Å². The summed E-state index contributed by atoms with van der Waals surface area (Å²) in [7, 11) is -0.711. The largest absolute Gasteiger partial charge is 0.383 e. The quantitative estimate of drug-likeness (QED) is 0.252. The number of anilines is 1. The molecule has 11 heteroatoms. The Balaban J connectivity index is 1.40. The summed E-state index contributed by atoms with van der Waals surface area (Å²) in [4.78, 5) is 19.7. The van der Waals surface area contributed by atoms with Gasteiger partial charge in [-0.15, -0.1) is 22.7 Å². The van der Waals surface area contributed by atoms with Crippen LogP contribution in [0.15, 0.2) is 53.4 Å². The fourth-order valence-corrected chi connectivity index (χ4v) is 8.50. The fraction of sp³-hybridized carbons (Fsp3) is 0.357. The van der Waals surface area contributed by atoms with Gasteiger partial charge in [0.2, 0.25) is 10.0 Å². The summed E-state index contributed by atoms with van der Waals surface area (Å²) in [6.45, 7) is 0.959. The summed E-state index contributed by atoms with van der Waals surface area (Å²) in [5.41, 5.74) is 3.65. The van der Waals surface area contributed by atoms with Crippen LogP contribution in [0.2, 0.25) is 0 Å². The Kier molecular flexibility index (Phi) is 8.75. The number of methoxy groups -OCH3 is 2. The van der Waals surface area contributed by atoms with Crippen LogP contribution in [0.25, 0.3) is 20.8 Å². The summed E-state index contributed by atoms with van der Waals surface area (Å²) in [6, 6.07) is 14.1. The number of hydrogen-bond donors (Lipinski definition) is 1. The van der Waals surface area contributed by atoms with Gasteiger partial charge in [0.25, 0.3) is 5.91 Å². The molecule has 2 aromatic carbocycles. The Hall–Kier alpha value is -2.67. The fourth-order valence-electron chi connectivity index (χ4n) is 4.70. The smallest absolute Gasteiger partial charge is 0.256 e. The number of aromatic nitrogens is 1. The van der Waals surface area contributed by atoms with Crippen molar-refractivity contribution in [1.29, 1.82) is 0 Å². The minimum atomic E-state index is -3.77. The third-order valence-corrected chi connectivity index (χ3v) is 10.9. The monoisotopic (exact) mass is 585 g/mol. The maximum absolute atomic E-state index is 13.3. The molecule has 0 fully saturated rings. The van der Waals surface area contributed by atoms with Crippen LogP contribution >= 0.6 is 22.7 Å². The molecule has 0 atom stereocenters. The average Bonchev–Trinajstić information content (AvgIpc) is 3.53. The number of fused-ring (bicyclic) bond motifs is 2. The molecule has 5 rings (SSSR count). The first-order chi connectivity index (χ1) is 18.9. The van der Waals surface area contributed by atoms with Crippen LogP contribution in [0.5, 0.6) is 0 Å². The van der Waals surface area contributed by atoms with Crippen molar-refractivity contribution in [1.82, 2.24) is 9.29 Å². The van der Waals surface area contributed by atoms with E-state index in [0.717, 1.165) is 51.5 Å². The highest BCUT2D eigenvalue weighted by Gasteiger charge is 2.27. The SMILES string of the molecule is COCCN(CCOC)S(=O)(=O)c1ccc(C(=O)Nc2sc3c(c2-c2nc4ccccc4s2)CCCC3)cc1. The lowest BCUT2D eigenvalue weighted by atomic mass is 9.95. The molecular formula is C28H31N3O5S3. The van der Waals surface area contributed by atoms with Gasteiger partial charge in [0.1, 0.15) is 10.0 Å². The Bertz CT molecular complexity index is 1520. The lowest BCUT2D eigenvalue weighted by molar-refractivity contribution is 0.102. The zero-order valence-corrected chi connectivity index (χ0v) is 24.4. The van der Waals surface area contributed by atoms with Crippen LogP contribution < -0.4 is 5.32 Å². The van der Waals surface area contributed by atoms with E-state index in [0.29, 0.717) is 5.56 Å². The first-order valence-electron chi connectivity index (χ1n) is 12.8. The van der Waals surface area contributed by atoms with Crippen molar-refractivity contribution in [2.24, 2.45) is 0 Å². The third kappa shape index (κ3) is 5.93. The van der Waals surface area contributed by atoms with Crippen molar-refractivity contribution >= 4 is 53.8 Å². The highest BCUT2D eigenvalue weighted by Crippen LogP contribution is 2.46. The number of rotatable bonds is 11. The van der Waals surface area contributed by atoms with Gasteiger partial charge in [-0.3, -0.25) is 4.79 Å². The molecule has 4 aromatic rings. The second-order valence-corrected chi connectivity index (χ2v) is 13.3. The van der Waals surface area contributed by atoms with E-state index < -0.39 is 10.0 Å². The molecule has 1 N–H and O–H groups in total. The molecule has 0 saturated heterocycles. The van der Waals surface area contributed by atoms with E-state index in [1.807, 2.05) is 18.2 Å². The number of thiazole rings is 1. The average molecular weight is 586 g/mol. The Morgan fingerprint density at radius 3 is 2.36 bits per heavy atom. The zero-order chi connectivity index (χ0) is 27.4. The lowest BCUT2D eigenvalue weighted by Crippen LogP contribution is -2.36. The minimum Gasteiger partial charge on any atom is -0.383 e. The number of ether oxygens (including phenoxy) is 2. The first kappa shape index (κ1) is 27.9. The summed E-state index contributed by atoms with van der Waals surface area (Å²) >= 11 is 3.26. The number of sulfonamides is 1. The van der Waals surface area contributed by atoms with E-state index in [1.54, 1.807) is 34.8 Å². The van der Waals surface area contributed by atoms with Crippen molar-refractivity contribution < 1.29 is 22.7 Å². The van der Waals surface area contributed by atoms with Crippen LogP contribution in [0.3, 0.4) is 0 Å². The van der Waals surface area contributed by atoms with Crippen LogP contribution in [0.1, 0.15) is 33.6 Å². The number of amides is 1. The van der Waals surface area contributed by atoms with Crippen molar-refractivity contribution in [3.8, 4) is 10.6 Å². The van der Waals surface area contributed by atoms with Gasteiger partial charge in [-0.05, 0) is 67.6 Å². The van der Waals surface area contributed by atoms with Crippen molar-refractivity contribution in [2.45, 2.75) is 30.6 Å². The number of thiophene rings is 1. The molecule has 39 heavy (non-hydrogen) atoms. The van der Waals surface area contributed by atoms with Crippen LogP contribution in [0, 0.1) is 0 Å². The number of nitrogens with zero attached hydrogens (tertiary/aromatic N) is 2. The number of aryl methyl sites for hydroxylation is 1. The van der Waals surface area contributed by atoms with E-state index in [2.05, 4.69) is 11.4 Å². The molecule has 1 aliphatic rings. The van der Waals surface area contributed by atoms with E-state index in [4.69, 9.17) is 14.5 Å². The van der Waals surface area contributed by atoms with Crippen LogP contribution in [-0.4, -0.2) is 64.1 Å². The molecule has 0 aliphatic heterocycles. The molecule has 0 bridgehead atoms. The summed E-state index contributed by atoms with van der Waals surface area (Å²) in [5, 5.41) is 4.83. The predicted octanol–water partition coefficient (Wildman–Crippen LogP) is 5.44. The highest BCUT2D eigenvalue weighted by molar-refractivity contribution is 7.89. The Morgan fingerprint density at radius 2 is 1.67 bits per heavy atom. The molecule has 0 unspecified atom stereocenters. The van der Waals surface area contributed by atoms with E-state index in [9.17, 15) is 13.2 Å². The number of benzene rings is 2. The van der Waals surface area contributed by atoms with Gasteiger partial charge in [-0.2, -0.15) is 4.31 Å². The topological polar surface area (TPSA) is 97.8 Å². The third-order valence-electron chi connectivity index (χ3n) is 6.75. The second kappa shape index (κ2) is 12.2. The van der Waals surface area contributed by atoms with Gasteiger partial charge in [-0.1, -0.05) is 12.1 Å². The number of nitrogens with one attached hydrogen (secondary N) is 1. The standard InChI is InChI=1S/C28H31N3O5S3/c1-35-17-15-31(16-18-36-2)39(33,34)20-13-11-19(12-14-20)26(32)30-28-25(21-7-3-5-9-23(21)37-28)27-29-22-8-4-6-10-24(22)38-27/h4,6,8,10-14H,3,5,7,9,15-18H2,1-2H3,(H,30,32). The summed E-state index contributed by atoms with van der Waals surface area (Å²) in [5.74, 6) is -0.282. The molecule has 1 aliphatic carbocycles. The maximum Gasteiger partial charge on any atom is 0.256 e. The van der Waals surface area contributed by atoms with Crippen molar-refractivity contribution in [3.63, 3.8) is 0 Å². The number of carbonyl (C=O) groups is 1. The minimum absolute atomic E-state index is 0.119. The summed E-state index contributed by atoms with van der Waals surface area (Å²) in [6.07, 6.45) is 4.24. The molecule has 2 heterocycles. The van der Waals surface area contributed by atoms with Crippen molar-refractivity contribution in [2.75, 3.05) is 45.8 Å². The van der Waals surface area contributed by atoms with E-state index in [1.165, 1.54) is 41.1 Å².